The van der Waals surface area contributed by atoms with E-state index in [0.29, 0.717) is 17.6 Å². The third-order valence-electron chi connectivity index (χ3n) is 5.32. The molecule has 0 aliphatic heterocycles. The Bertz CT molecular complexity index is 269. The Morgan fingerprint density at radius 2 is 1.12 bits per heavy atom. The van der Waals surface area contributed by atoms with Crippen molar-refractivity contribution in [2.75, 3.05) is 0 Å². The molecule has 0 radical (unpaired) electrons. The average molecular weight is 339 g/mol. The Hall–Kier alpha value is -0.330. The van der Waals surface area contributed by atoms with Gasteiger partial charge in [0.25, 0.3) is 0 Å². The zero-order chi connectivity index (χ0) is 18.0. The lowest BCUT2D eigenvalue weighted by molar-refractivity contribution is -0.123. The molecule has 0 bridgehead atoms. The molecule has 1 unspecified atom stereocenters. The third-order valence-corrected chi connectivity index (χ3v) is 5.32. The highest BCUT2D eigenvalue weighted by Gasteiger charge is 2.15. The maximum Gasteiger partial charge on any atom is 0.135 e. The zero-order valence-electron chi connectivity index (χ0n) is 17.4. The minimum atomic E-state index is 0.340. The molecule has 0 amide bonds. The number of carbonyl (C=O) groups is 1. The van der Waals surface area contributed by atoms with Crippen LogP contribution in [0, 0.1) is 11.8 Å². The van der Waals surface area contributed by atoms with E-state index in [0.717, 1.165) is 25.7 Å². The molecule has 0 aromatic rings. The zero-order valence-corrected chi connectivity index (χ0v) is 17.4. The predicted octanol–water partition coefficient (Wildman–Crippen LogP) is 8.11. The van der Waals surface area contributed by atoms with Crippen molar-refractivity contribution in [2.45, 2.75) is 130 Å². The fourth-order valence-corrected chi connectivity index (χ4v) is 3.46. The second kappa shape index (κ2) is 17.5. The quantitative estimate of drug-likeness (QED) is 0.231. The lowest BCUT2D eigenvalue weighted by atomic mass is 9.90. The Balaban J connectivity index is 3.42. The summed E-state index contributed by atoms with van der Waals surface area (Å²) >= 11 is 0. The highest BCUT2D eigenvalue weighted by atomic mass is 16.1. The number of hydrogen-bond acceptors (Lipinski definition) is 1. The van der Waals surface area contributed by atoms with E-state index in [2.05, 4.69) is 27.7 Å². The topological polar surface area (TPSA) is 17.1 Å². The summed E-state index contributed by atoms with van der Waals surface area (Å²) in [6, 6.07) is 0. The fraction of sp³-hybridized carbons (Fsp3) is 0.957. The summed E-state index contributed by atoms with van der Waals surface area (Å²) in [7, 11) is 0. The van der Waals surface area contributed by atoms with Crippen molar-refractivity contribution in [3.8, 4) is 0 Å². The van der Waals surface area contributed by atoms with E-state index in [1.165, 1.54) is 77.0 Å². The van der Waals surface area contributed by atoms with Crippen LogP contribution in [0.1, 0.15) is 130 Å². The first-order valence-electron chi connectivity index (χ1n) is 11.1. The maximum atomic E-state index is 12.2. The number of unbranched alkanes of at least 4 members (excludes halogenated alkanes) is 11. The van der Waals surface area contributed by atoms with Crippen molar-refractivity contribution >= 4 is 5.78 Å². The van der Waals surface area contributed by atoms with Crippen LogP contribution in [0.2, 0.25) is 0 Å². The van der Waals surface area contributed by atoms with Gasteiger partial charge in [-0.2, -0.15) is 0 Å². The van der Waals surface area contributed by atoms with E-state index >= 15 is 0 Å². The molecule has 0 aliphatic carbocycles. The number of rotatable bonds is 18. The molecule has 0 aromatic heterocycles. The summed E-state index contributed by atoms with van der Waals surface area (Å²) in [6.45, 7) is 8.88. The minimum absolute atomic E-state index is 0.340. The first kappa shape index (κ1) is 23.7. The van der Waals surface area contributed by atoms with Crippen molar-refractivity contribution < 1.29 is 4.79 Å². The lowest BCUT2D eigenvalue weighted by Gasteiger charge is -2.14. The SMILES string of the molecule is CCCCCCCCCCCCCCC(CC)C(=O)CCC(C)C. The third kappa shape index (κ3) is 15.2. The van der Waals surface area contributed by atoms with Gasteiger partial charge in [0, 0.05) is 12.3 Å². The molecule has 0 saturated heterocycles. The van der Waals surface area contributed by atoms with E-state index in [4.69, 9.17) is 0 Å². The second-order valence-electron chi connectivity index (χ2n) is 8.18. The molecule has 0 fully saturated rings. The predicted molar refractivity (Wildman–Crippen MR) is 109 cm³/mol. The lowest BCUT2D eigenvalue weighted by Crippen LogP contribution is -2.14. The van der Waals surface area contributed by atoms with E-state index < -0.39 is 0 Å². The smallest absolute Gasteiger partial charge is 0.135 e. The fourth-order valence-electron chi connectivity index (χ4n) is 3.46. The standard InChI is InChI=1S/C23H46O/c1-5-7-8-9-10-11-12-13-14-15-16-17-18-22(6-2)23(24)20-19-21(3)4/h21-22H,5-20H2,1-4H3. The molecule has 0 saturated carbocycles. The van der Waals surface area contributed by atoms with Crippen LogP contribution in [-0.2, 0) is 4.79 Å². The van der Waals surface area contributed by atoms with E-state index in [1.807, 2.05) is 0 Å². The van der Waals surface area contributed by atoms with Crippen LogP contribution in [0.3, 0.4) is 0 Å². The average Bonchev–Trinajstić information content (AvgIpc) is 2.57. The molecule has 1 atom stereocenters. The summed E-state index contributed by atoms with van der Waals surface area (Å²) in [6.07, 6.45) is 20.7. The molecule has 0 aromatic carbocycles. The molecular weight excluding hydrogens is 292 g/mol. The van der Waals surface area contributed by atoms with Gasteiger partial charge in [0.2, 0.25) is 0 Å². The summed E-state index contributed by atoms with van der Waals surface area (Å²) < 4.78 is 0. The largest absolute Gasteiger partial charge is 0.299 e. The van der Waals surface area contributed by atoms with Crippen LogP contribution in [-0.4, -0.2) is 5.78 Å². The van der Waals surface area contributed by atoms with Crippen LogP contribution < -0.4 is 0 Å². The summed E-state index contributed by atoms with van der Waals surface area (Å²) in [5.41, 5.74) is 0. The minimum Gasteiger partial charge on any atom is -0.299 e. The number of carbonyl (C=O) groups excluding carboxylic acids is 1. The number of hydrogen-bond donors (Lipinski definition) is 0. The monoisotopic (exact) mass is 338 g/mol. The van der Waals surface area contributed by atoms with Gasteiger partial charge >= 0.3 is 0 Å². The van der Waals surface area contributed by atoms with Gasteiger partial charge in [-0.05, 0) is 25.2 Å². The maximum absolute atomic E-state index is 12.2. The first-order valence-corrected chi connectivity index (χ1v) is 11.1. The van der Waals surface area contributed by atoms with Crippen molar-refractivity contribution in [1.82, 2.24) is 0 Å². The second-order valence-corrected chi connectivity index (χ2v) is 8.18. The normalized spacial score (nSPS) is 12.7. The Kier molecular flexibility index (Phi) is 17.3. The van der Waals surface area contributed by atoms with Crippen molar-refractivity contribution in [2.24, 2.45) is 11.8 Å². The van der Waals surface area contributed by atoms with Crippen LogP contribution in [0.5, 0.6) is 0 Å². The van der Waals surface area contributed by atoms with Gasteiger partial charge in [-0.3, -0.25) is 4.79 Å². The molecule has 0 spiro atoms. The van der Waals surface area contributed by atoms with Crippen molar-refractivity contribution in [3.05, 3.63) is 0 Å². The van der Waals surface area contributed by atoms with Crippen molar-refractivity contribution in [1.29, 1.82) is 0 Å². The number of Topliss-reactive ketones (excluding diaryl/α,β-unsaturated/α-hetero) is 1. The molecule has 1 heteroatoms. The first-order chi connectivity index (χ1) is 11.6. The molecule has 0 N–H and O–H groups in total. The van der Waals surface area contributed by atoms with E-state index in [9.17, 15) is 4.79 Å². The summed E-state index contributed by atoms with van der Waals surface area (Å²) in [5, 5.41) is 0. The van der Waals surface area contributed by atoms with Gasteiger partial charge in [-0.25, -0.2) is 0 Å². The van der Waals surface area contributed by atoms with Crippen molar-refractivity contribution in [3.63, 3.8) is 0 Å². The van der Waals surface area contributed by atoms with Gasteiger partial charge in [0.05, 0.1) is 0 Å². The van der Waals surface area contributed by atoms with E-state index in [-0.39, 0.29) is 0 Å². The van der Waals surface area contributed by atoms with Gasteiger partial charge < -0.3 is 0 Å². The molecule has 0 rings (SSSR count). The van der Waals surface area contributed by atoms with Gasteiger partial charge in [0.1, 0.15) is 5.78 Å². The van der Waals surface area contributed by atoms with E-state index in [1.54, 1.807) is 0 Å². The van der Waals surface area contributed by atoms with Crippen LogP contribution in [0.15, 0.2) is 0 Å². The molecular formula is C23H46O. The summed E-state index contributed by atoms with van der Waals surface area (Å²) in [4.78, 5) is 12.2. The molecule has 144 valence electrons. The van der Waals surface area contributed by atoms with Gasteiger partial charge in [0.15, 0.2) is 0 Å². The Labute approximate surface area is 153 Å². The molecule has 0 heterocycles. The van der Waals surface area contributed by atoms with Gasteiger partial charge in [-0.15, -0.1) is 0 Å². The summed E-state index contributed by atoms with van der Waals surface area (Å²) in [5.74, 6) is 1.51. The Morgan fingerprint density at radius 3 is 1.54 bits per heavy atom. The Morgan fingerprint density at radius 1 is 0.667 bits per heavy atom. The molecule has 0 aliphatic rings. The van der Waals surface area contributed by atoms with Crippen LogP contribution >= 0.6 is 0 Å². The van der Waals surface area contributed by atoms with Crippen LogP contribution in [0.25, 0.3) is 0 Å². The highest BCUT2D eigenvalue weighted by Crippen LogP contribution is 2.19. The number of ketones is 1. The molecule has 24 heavy (non-hydrogen) atoms. The highest BCUT2D eigenvalue weighted by molar-refractivity contribution is 5.80. The molecule has 1 nitrogen and oxygen atoms in total. The van der Waals surface area contributed by atoms with Crippen LogP contribution in [0.4, 0.5) is 0 Å². The van der Waals surface area contributed by atoms with Gasteiger partial charge in [-0.1, -0.05) is 105 Å².